The van der Waals surface area contributed by atoms with Crippen molar-refractivity contribution in [2.75, 3.05) is 11.3 Å². The summed E-state index contributed by atoms with van der Waals surface area (Å²) in [7, 11) is -7.70. The molecule has 2 rings (SSSR count). The van der Waals surface area contributed by atoms with E-state index in [2.05, 4.69) is 14.4 Å². The molecule has 0 aliphatic rings. The molecule has 0 bridgehead atoms. The van der Waals surface area contributed by atoms with Crippen LogP contribution in [0.3, 0.4) is 0 Å². The molecule has 2 N–H and O–H groups in total. The van der Waals surface area contributed by atoms with E-state index in [1.807, 2.05) is 13.8 Å². The van der Waals surface area contributed by atoms with Gasteiger partial charge in [0, 0.05) is 12.7 Å². The summed E-state index contributed by atoms with van der Waals surface area (Å²) in [6.07, 6.45) is 1.45. The van der Waals surface area contributed by atoms with Crippen LogP contribution in [0.15, 0.2) is 58.5 Å². The molecule has 9 heteroatoms. The Bertz CT molecular complexity index is 895. The van der Waals surface area contributed by atoms with E-state index in [0.29, 0.717) is 0 Å². The Morgan fingerprint density at radius 3 is 2.21 bits per heavy atom. The van der Waals surface area contributed by atoms with Crippen molar-refractivity contribution in [1.29, 1.82) is 0 Å². The number of anilines is 1. The first-order valence-electron chi connectivity index (χ1n) is 7.24. The standard InChI is InChI=1S/C15H19N3O4S2/c1-12(2)11-17-23(19,20)13-6-5-7-14(10-13)24(21,22)18-15-8-3-4-9-16-15/h3-10,12,17H,11H2,1-2H3,(H,16,18). The molecule has 0 unspecified atom stereocenters. The van der Waals surface area contributed by atoms with Crippen LogP contribution in [0.25, 0.3) is 0 Å². The second-order valence-electron chi connectivity index (χ2n) is 5.54. The minimum absolute atomic E-state index is 0.105. The molecule has 1 heterocycles. The van der Waals surface area contributed by atoms with Crippen molar-refractivity contribution in [3.05, 3.63) is 48.7 Å². The summed E-state index contributed by atoms with van der Waals surface area (Å²) in [5.41, 5.74) is 0. The third-order valence-corrected chi connectivity index (χ3v) is 5.79. The highest BCUT2D eigenvalue weighted by atomic mass is 32.2. The van der Waals surface area contributed by atoms with E-state index in [-0.39, 0.29) is 28.1 Å². The maximum atomic E-state index is 12.4. The Labute approximate surface area is 142 Å². The highest BCUT2D eigenvalue weighted by Gasteiger charge is 2.20. The summed E-state index contributed by atoms with van der Waals surface area (Å²) in [6.45, 7) is 4.02. The Morgan fingerprint density at radius 2 is 1.62 bits per heavy atom. The first-order chi connectivity index (χ1) is 11.2. The minimum Gasteiger partial charge on any atom is -0.263 e. The van der Waals surface area contributed by atoms with Gasteiger partial charge in [0.25, 0.3) is 10.0 Å². The summed E-state index contributed by atoms with van der Waals surface area (Å²) in [5.74, 6) is 0.293. The van der Waals surface area contributed by atoms with Crippen LogP contribution in [-0.4, -0.2) is 28.4 Å². The highest BCUT2D eigenvalue weighted by molar-refractivity contribution is 7.93. The zero-order valence-corrected chi connectivity index (χ0v) is 14.9. The predicted molar refractivity (Wildman–Crippen MR) is 91.5 cm³/mol. The van der Waals surface area contributed by atoms with Gasteiger partial charge in [-0.2, -0.15) is 0 Å². The summed E-state index contributed by atoms with van der Waals surface area (Å²) in [5, 5.41) is 0. The first kappa shape index (κ1) is 18.4. The Morgan fingerprint density at radius 1 is 0.958 bits per heavy atom. The molecule has 0 radical (unpaired) electrons. The van der Waals surface area contributed by atoms with Crippen molar-refractivity contribution in [2.24, 2.45) is 5.92 Å². The van der Waals surface area contributed by atoms with Gasteiger partial charge < -0.3 is 0 Å². The van der Waals surface area contributed by atoms with Gasteiger partial charge in [-0.05, 0) is 36.2 Å². The molecule has 0 saturated carbocycles. The van der Waals surface area contributed by atoms with Gasteiger partial charge in [-0.15, -0.1) is 0 Å². The number of aromatic nitrogens is 1. The van der Waals surface area contributed by atoms with E-state index in [9.17, 15) is 16.8 Å². The van der Waals surface area contributed by atoms with Gasteiger partial charge in [-0.1, -0.05) is 26.0 Å². The van der Waals surface area contributed by atoms with Gasteiger partial charge in [0.2, 0.25) is 10.0 Å². The minimum atomic E-state index is -3.93. The van der Waals surface area contributed by atoms with Crippen LogP contribution in [0, 0.1) is 5.92 Å². The van der Waals surface area contributed by atoms with E-state index in [4.69, 9.17) is 0 Å². The Hall–Kier alpha value is -1.97. The average molecular weight is 369 g/mol. The lowest BCUT2D eigenvalue weighted by Gasteiger charge is -2.11. The van der Waals surface area contributed by atoms with Crippen molar-refractivity contribution in [1.82, 2.24) is 9.71 Å². The second kappa shape index (κ2) is 7.29. The van der Waals surface area contributed by atoms with Crippen LogP contribution in [-0.2, 0) is 20.0 Å². The smallest absolute Gasteiger partial charge is 0.263 e. The molecule has 24 heavy (non-hydrogen) atoms. The molecule has 0 atom stereocenters. The quantitative estimate of drug-likeness (QED) is 0.774. The lowest BCUT2D eigenvalue weighted by molar-refractivity contribution is 0.560. The fraction of sp³-hybridized carbons (Fsp3) is 0.267. The number of hydrogen-bond acceptors (Lipinski definition) is 5. The van der Waals surface area contributed by atoms with E-state index >= 15 is 0 Å². The zero-order valence-electron chi connectivity index (χ0n) is 13.3. The summed E-state index contributed by atoms with van der Waals surface area (Å²) in [4.78, 5) is 3.63. The molecule has 7 nitrogen and oxygen atoms in total. The number of benzene rings is 1. The number of nitrogens with zero attached hydrogens (tertiary/aromatic N) is 1. The number of hydrogen-bond donors (Lipinski definition) is 2. The Balaban J connectivity index is 2.29. The van der Waals surface area contributed by atoms with Crippen LogP contribution < -0.4 is 9.44 Å². The van der Waals surface area contributed by atoms with Gasteiger partial charge >= 0.3 is 0 Å². The fourth-order valence-corrected chi connectivity index (χ4v) is 4.18. The van der Waals surface area contributed by atoms with Gasteiger partial charge in [0.1, 0.15) is 5.82 Å². The molecule has 1 aromatic heterocycles. The van der Waals surface area contributed by atoms with Gasteiger partial charge in [-0.25, -0.2) is 26.5 Å². The van der Waals surface area contributed by atoms with Crippen molar-refractivity contribution in [3.8, 4) is 0 Å². The van der Waals surface area contributed by atoms with Crippen molar-refractivity contribution >= 4 is 25.9 Å². The average Bonchev–Trinajstić information content (AvgIpc) is 2.54. The first-order valence-corrected chi connectivity index (χ1v) is 10.2. The van der Waals surface area contributed by atoms with Crippen LogP contribution in [0.5, 0.6) is 0 Å². The zero-order chi connectivity index (χ0) is 17.8. The molecule has 130 valence electrons. The number of nitrogens with one attached hydrogen (secondary N) is 2. The summed E-state index contributed by atoms with van der Waals surface area (Å²) >= 11 is 0. The van der Waals surface area contributed by atoms with E-state index in [0.717, 1.165) is 6.07 Å². The molecule has 0 saturated heterocycles. The molecule has 2 aromatic rings. The van der Waals surface area contributed by atoms with Gasteiger partial charge in [-0.3, -0.25) is 4.72 Å². The van der Waals surface area contributed by atoms with Crippen LogP contribution in [0.1, 0.15) is 13.8 Å². The normalized spacial score (nSPS) is 12.3. The lowest BCUT2D eigenvalue weighted by Crippen LogP contribution is -2.27. The molecule has 0 aliphatic carbocycles. The highest BCUT2D eigenvalue weighted by Crippen LogP contribution is 2.18. The molecule has 0 spiro atoms. The largest absolute Gasteiger partial charge is 0.263 e. The third kappa shape index (κ3) is 4.76. The molecule has 0 amide bonds. The maximum Gasteiger partial charge on any atom is 0.263 e. The fourth-order valence-electron chi connectivity index (χ4n) is 1.79. The molecule has 1 aromatic carbocycles. The topological polar surface area (TPSA) is 105 Å². The molecular formula is C15H19N3O4S2. The third-order valence-electron chi connectivity index (χ3n) is 3.01. The van der Waals surface area contributed by atoms with Crippen molar-refractivity contribution < 1.29 is 16.8 Å². The second-order valence-corrected chi connectivity index (χ2v) is 8.99. The monoisotopic (exact) mass is 369 g/mol. The summed E-state index contributed by atoms with van der Waals surface area (Å²) in [6, 6.07) is 9.98. The number of pyridine rings is 1. The van der Waals surface area contributed by atoms with Crippen LogP contribution >= 0.6 is 0 Å². The summed E-state index contributed by atoms with van der Waals surface area (Å²) < 4.78 is 54.0. The van der Waals surface area contributed by atoms with Crippen LogP contribution in [0.4, 0.5) is 5.82 Å². The Kier molecular flexibility index (Phi) is 5.58. The van der Waals surface area contributed by atoms with Gasteiger partial charge in [0.15, 0.2) is 0 Å². The maximum absolute atomic E-state index is 12.4. The number of sulfonamides is 2. The van der Waals surface area contributed by atoms with Crippen LogP contribution in [0.2, 0.25) is 0 Å². The van der Waals surface area contributed by atoms with Crippen molar-refractivity contribution in [2.45, 2.75) is 23.6 Å². The van der Waals surface area contributed by atoms with E-state index < -0.39 is 20.0 Å². The van der Waals surface area contributed by atoms with Crippen molar-refractivity contribution in [3.63, 3.8) is 0 Å². The molecule has 0 aliphatic heterocycles. The van der Waals surface area contributed by atoms with Gasteiger partial charge in [0.05, 0.1) is 9.79 Å². The molecular weight excluding hydrogens is 350 g/mol. The molecule has 0 fully saturated rings. The number of rotatable bonds is 7. The predicted octanol–water partition coefficient (Wildman–Crippen LogP) is 1.82. The van der Waals surface area contributed by atoms with E-state index in [1.54, 1.807) is 12.1 Å². The lowest BCUT2D eigenvalue weighted by atomic mass is 10.2. The van der Waals surface area contributed by atoms with E-state index in [1.165, 1.54) is 30.5 Å². The SMILES string of the molecule is CC(C)CNS(=O)(=O)c1cccc(S(=O)(=O)Nc2ccccn2)c1.